The molecule has 0 aliphatic heterocycles. The van der Waals surface area contributed by atoms with Crippen molar-refractivity contribution in [1.82, 2.24) is 9.13 Å². The largest absolute Gasteiger partial charge is 0.309 e. The van der Waals surface area contributed by atoms with Gasteiger partial charge in [0.1, 0.15) is 0 Å². The van der Waals surface area contributed by atoms with Crippen LogP contribution in [0.25, 0.3) is 88.4 Å². The number of fused-ring (bicyclic) bond motifs is 9. The first-order valence-electron chi connectivity index (χ1n) is 21.8. The number of nitrogens with zero attached hydrogens (tertiary/aromatic N) is 2. The highest BCUT2D eigenvalue weighted by Gasteiger charge is 2.46. The number of hydrogen-bond acceptors (Lipinski definition) is 0. The van der Waals surface area contributed by atoms with Gasteiger partial charge in [-0.2, -0.15) is 0 Å². The maximum atomic E-state index is 2.50. The lowest BCUT2D eigenvalue weighted by atomic mass is 9.67. The molecule has 0 fully saturated rings. The van der Waals surface area contributed by atoms with Crippen LogP contribution in [0.3, 0.4) is 0 Å². The molecule has 0 N–H and O–H groups in total. The van der Waals surface area contributed by atoms with E-state index in [0.717, 1.165) is 11.4 Å². The second-order valence-corrected chi connectivity index (χ2v) is 16.8. The Labute approximate surface area is 366 Å². The van der Waals surface area contributed by atoms with E-state index in [1.807, 2.05) is 0 Å². The smallest absolute Gasteiger partial charge is 0.0713 e. The Morgan fingerprint density at radius 2 is 0.810 bits per heavy atom. The highest BCUT2D eigenvalue weighted by atomic mass is 15.0. The van der Waals surface area contributed by atoms with Gasteiger partial charge in [-0.05, 0) is 105 Å². The summed E-state index contributed by atoms with van der Waals surface area (Å²) in [5.41, 5.74) is 19.1. The van der Waals surface area contributed by atoms with E-state index in [-0.39, 0.29) is 0 Å². The minimum atomic E-state index is -0.498. The molecule has 0 unspecified atom stereocenters. The van der Waals surface area contributed by atoms with Crippen molar-refractivity contribution in [2.45, 2.75) is 5.41 Å². The molecule has 2 heterocycles. The molecular weight excluding hydrogens is 761 g/mol. The van der Waals surface area contributed by atoms with E-state index in [1.54, 1.807) is 0 Å². The van der Waals surface area contributed by atoms with Crippen LogP contribution in [0.4, 0.5) is 0 Å². The van der Waals surface area contributed by atoms with Crippen molar-refractivity contribution in [2.24, 2.45) is 0 Å². The lowest BCUT2D eigenvalue weighted by Crippen LogP contribution is -2.28. The third kappa shape index (κ3) is 5.19. The molecule has 0 amide bonds. The summed E-state index contributed by atoms with van der Waals surface area (Å²) in [6.07, 6.45) is 0. The summed E-state index contributed by atoms with van der Waals surface area (Å²) < 4.78 is 4.91. The highest BCUT2D eigenvalue weighted by molar-refractivity contribution is 6.16. The summed E-state index contributed by atoms with van der Waals surface area (Å²) >= 11 is 0. The predicted molar refractivity (Wildman–Crippen MR) is 263 cm³/mol. The lowest BCUT2D eigenvalue weighted by molar-refractivity contribution is 0.770. The molecule has 294 valence electrons. The Bertz CT molecular complexity index is 3680. The standard InChI is InChI=1S/C61H40N2/c1-4-18-41(19-5-1)42-20-16-25-47(38-42)63-57-33-15-12-28-51(57)52-30-17-29-48(60(52)63)43-34-36-58-53(39-43)54-40-45(35-37-59(54)62(58)46-23-8-3-9-24-46)61(44-21-6-2-7-22-44)55-31-13-10-26-49(55)50-27-11-14-32-56(50)61/h1-40H. The van der Waals surface area contributed by atoms with Gasteiger partial charge in [-0.1, -0.05) is 188 Å². The molecule has 10 aromatic carbocycles. The molecule has 13 rings (SSSR count). The fourth-order valence-corrected chi connectivity index (χ4v) is 11.0. The number of para-hydroxylation sites is 3. The maximum absolute atomic E-state index is 2.50. The van der Waals surface area contributed by atoms with E-state index in [9.17, 15) is 0 Å². The summed E-state index contributed by atoms with van der Waals surface area (Å²) in [6.45, 7) is 0. The van der Waals surface area contributed by atoms with Gasteiger partial charge >= 0.3 is 0 Å². The van der Waals surface area contributed by atoms with E-state index < -0.39 is 5.41 Å². The van der Waals surface area contributed by atoms with Gasteiger partial charge in [0.25, 0.3) is 0 Å². The first kappa shape index (κ1) is 35.5. The van der Waals surface area contributed by atoms with Crippen molar-refractivity contribution in [1.29, 1.82) is 0 Å². The molecule has 12 aromatic rings. The van der Waals surface area contributed by atoms with Crippen molar-refractivity contribution in [2.75, 3.05) is 0 Å². The van der Waals surface area contributed by atoms with E-state index in [4.69, 9.17) is 0 Å². The maximum Gasteiger partial charge on any atom is 0.0713 e. The number of aromatic nitrogens is 2. The monoisotopic (exact) mass is 800 g/mol. The van der Waals surface area contributed by atoms with Gasteiger partial charge in [-0.25, -0.2) is 0 Å². The summed E-state index contributed by atoms with van der Waals surface area (Å²) in [4.78, 5) is 0. The first-order valence-corrected chi connectivity index (χ1v) is 21.8. The average molecular weight is 801 g/mol. The third-order valence-electron chi connectivity index (χ3n) is 13.6. The molecular formula is C61H40N2. The first-order chi connectivity index (χ1) is 31.3. The van der Waals surface area contributed by atoms with Gasteiger partial charge in [-0.3, -0.25) is 0 Å². The predicted octanol–water partition coefficient (Wildman–Crippen LogP) is 15.6. The van der Waals surface area contributed by atoms with Crippen molar-refractivity contribution < 1.29 is 0 Å². The lowest BCUT2D eigenvalue weighted by Gasteiger charge is -2.34. The number of rotatable bonds is 6. The molecule has 2 aromatic heterocycles. The van der Waals surface area contributed by atoms with Crippen molar-refractivity contribution in [3.63, 3.8) is 0 Å². The van der Waals surface area contributed by atoms with Gasteiger partial charge in [0.05, 0.1) is 27.5 Å². The Morgan fingerprint density at radius 1 is 0.270 bits per heavy atom. The molecule has 0 saturated carbocycles. The summed E-state index contributed by atoms with van der Waals surface area (Å²) in [6, 6.07) is 89.6. The van der Waals surface area contributed by atoms with Crippen LogP contribution >= 0.6 is 0 Å². The molecule has 0 atom stereocenters. The van der Waals surface area contributed by atoms with Crippen LogP contribution in [-0.4, -0.2) is 9.13 Å². The van der Waals surface area contributed by atoms with Crippen molar-refractivity contribution in [3.05, 3.63) is 265 Å². The van der Waals surface area contributed by atoms with Gasteiger partial charge in [0.15, 0.2) is 0 Å². The molecule has 2 nitrogen and oxygen atoms in total. The summed E-state index contributed by atoms with van der Waals surface area (Å²) in [5.74, 6) is 0. The van der Waals surface area contributed by atoms with Crippen LogP contribution in [0.15, 0.2) is 243 Å². The zero-order valence-electron chi connectivity index (χ0n) is 34.5. The van der Waals surface area contributed by atoms with Crippen LogP contribution in [0.2, 0.25) is 0 Å². The molecule has 63 heavy (non-hydrogen) atoms. The fourth-order valence-electron chi connectivity index (χ4n) is 11.0. The van der Waals surface area contributed by atoms with Crippen LogP contribution in [0, 0.1) is 0 Å². The minimum Gasteiger partial charge on any atom is -0.309 e. The van der Waals surface area contributed by atoms with Crippen LogP contribution in [-0.2, 0) is 5.41 Å². The van der Waals surface area contributed by atoms with Crippen LogP contribution in [0.5, 0.6) is 0 Å². The molecule has 1 aliphatic carbocycles. The Kier molecular flexibility index (Phi) is 7.85. The second-order valence-electron chi connectivity index (χ2n) is 16.8. The SMILES string of the molecule is c1ccc(-c2cccc(-n3c4ccccc4c4cccc(-c5ccc6c(c5)c5cc(C7(c8ccccc8)c8ccccc8-c8ccccc87)ccc5n6-c5ccccc5)c43)c2)cc1. The van der Waals surface area contributed by atoms with Crippen LogP contribution < -0.4 is 0 Å². The molecule has 0 radical (unpaired) electrons. The van der Waals surface area contributed by atoms with Gasteiger partial charge < -0.3 is 9.13 Å². The van der Waals surface area contributed by atoms with Gasteiger partial charge in [0, 0.05) is 38.5 Å². The van der Waals surface area contributed by atoms with E-state index in [1.165, 1.54) is 99.2 Å². The Hall–Kier alpha value is -8.20. The molecule has 0 saturated heterocycles. The number of hydrogen-bond donors (Lipinski definition) is 0. The quantitative estimate of drug-likeness (QED) is 0.159. The molecule has 1 aliphatic rings. The van der Waals surface area contributed by atoms with Crippen molar-refractivity contribution in [3.8, 4) is 44.8 Å². The summed E-state index contributed by atoms with van der Waals surface area (Å²) in [7, 11) is 0. The van der Waals surface area contributed by atoms with Gasteiger partial charge in [-0.15, -0.1) is 0 Å². The number of benzene rings is 10. The van der Waals surface area contributed by atoms with E-state index in [2.05, 4.69) is 252 Å². The zero-order valence-corrected chi connectivity index (χ0v) is 34.5. The second kappa shape index (κ2) is 13.9. The normalized spacial score (nSPS) is 12.9. The van der Waals surface area contributed by atoms with Gasteiger partial charge in [0.2, 0.25) is 0 Å². The fraction of sp³-hybridized carbons (Fsp3) is 0.0164. The highest BCUT2D eigenvalue weighted by Crippen LogP contribution is 2.56. The third-order valence-corrected chi connectivity index (χ3v) is 13.6. The molecule has 2 heteroatoms. The average Bonchev–Trinajstić information content (AvgIpc) is 3.99. The molecule has 0 bridgehead atoms. The molecule has 0 spiro atoms. The summed E-state index contributed by atoms with van der Waals surface area (Å²) in [5, 5.41) is 4.94. The van der Waals surface area contributed by atoms with E-state index >= 15 is 0 Å². The van der Waals surface area contributed by atoms with E-state index in [0.29, 0.717) is 0 Å². The van der Waals surface area contributed by atoms with Crippen molar-refractivity contribution >= 4 is 43.6 Å². The topological polar surface area (TPSA) is 9.86 Å². The Balaban J connectivity index is 1.10. The zero-order chi connectivity index (χ0) is 41.5. The minimum absolute atomic E-state index is 0.498. The van der Waals surface area contributed by atoms with Crippen LogP contribution in [0.1, 0.15) is 22.3 Å². The Morgan fingerprint density at radius 3 is 1.57 bits per heavy atom.